The van der Waals surface area contributed by atoms with Crippen LogP contribution in [-0.2, 0) is 0 Å². The minimum atomic E-state index is 0.652. The molecule has 10 aromatic rings. The van der Waals surface area contributed by atoms with Gasteiger partial charge in [-0.25, -0.2) is 15.0 Å². The average Bonchev–Trinajstić information content (AvgIpc) is 3.76. The van der Waals surface area contributed by atoms with Gasteiger partial charge in [-0.15, -0.1) is 11.3 Å². The Morgan fingerprint density at radius 3 is 1.68 bits per heavy atom. The predicted octanol–water partition coefficient (Wildman–Crippen LogP) is 12.5. The van der Waals surface area contributed by atoms with Crippen LogP contribution in [0.25, 0.3) is 98.5 Å². The van der Waals surface area contributed by atoms with Crippen LogP contribution in [0.15, 0.2) is 168 Å². The number of nitrogens with zero attached hydrogens (tertiary/aromatic N) is 3. The number of thiophene rings is 1. The molecular formula is C45H27N3OS. The Labute approximate surface area is 292 Å². The first-order valence-electron chi connectivity index (χ1n) is 16.6. The molecule has 0 N–H and O–H groups in total. The van der Waals surface area contributed by atoms with Crippen molar-refractivity contribution in [2.75, 3.05) is 0 Å². The molecule has 3 heterocycles. The van der Waals surface area contributed by atoms with Crippen molar-refractivity contribution >= 4 is 53.4 Å². The minimum absolute atomic E-state index is 0.652. The first-order valence-corrected chi connectivity index (χ1v) is 17.4. The molecule has 10 rings (SSSR count). The van der Waals surface area contributed by atoms with E-state index in [0.29, 0.717) is 17.5 Å². The SMILES string of the molecule is c1ccc(-c2cc(-c3cccc4sc5cc(-c6nc(-c7ccccc7)nc(-c7ccccc7)n6)ccc5c34)c3c(c2)oc2ccccc23)cc1. The molecule has 0 amide bonds. The summed E-state index contributed by atoms with van der Waals surface area (Å²) in [5, 5.41) is 4.70. The molecule has 0 fully saturated rings. The summed E-state index contributed by atoms with van der Waals surface area (Å²) < 4.78 is 8.90. The highest BCUT2D eigenvalue weighted by Crippen LogP contribution is 2.46. The van der Waals surface area contributed by atoms with Crippen LogP contribution in [0.1, 0.15) is 0 Å². The van der Waals surface area contributed by atoms with E-state index in [9.17, 15) is 0 Å². The van der Waals surface area contributed by atoms with Crippen molar-refractivity contribution in [1.29, 1.82) is 0 Å². The highest BCUT2D eigenvalue weighted by Gasteiger charge is 2.20. The van der Waals surface area contributed by atoms with Crippen LogP contribution in [0.2, 0.25) is 0 Å². The van der Waals surface area contributed by atoms with Crippen LogP contribution >= 0.6 is 11.3 Å². The van der Waals surface area contributed by atoms with Crippen molar-refractivity contribution in [2.24, 2.45) is 0 Å². The Morgan fingerprint density at radius 2 is 0.980 bits per heavy atom. The molecule has 0 aliphatic heterocycles. The second-order valence-corrected chi connectivity index (χ2v) is 13.5. The highest BCUT2D eigenvalue weighted by molar-refractivity contribution is 7.26. The van der Waals surface area contributed by atoms with E-state index in [4.69, 9.17) is 19.4 Å². The molecule has 0 saturated heterocycles. The predicted molar refractivity (Wildman–Crippen MR) is 207 cm³/mol. The lowest BCUT2D eigenvalue weighted by molar-refractivity contribution is 0.669. The molecule has 0 atom stereocenters. The van der Waals surface area contributed by atoms with Crippen molar-refractivity contribution in [3.8, 4) is 56.4 Å². The van der Waals surface area contributed by atoms with Crippen LogP contribution in [0.3, 0.4) is 0 Å². The summed E-state index contributed by atoms with van der Waals surface area (Å²) in [4.78, 5) is 14.9. The molecule has 0 bridgehead atoms. The van der Waals surface area contributed by atoms with E-state index in [2.05, 4.69) is 97.1 Å². The van der Waals surface area contributed by atoms with Gasteiger partial charge in [0.15, 0.2) is 17.5 Å². The second kappa shape index (κ2) is 11.6. The number of para-hydroxylation sites is 1. The summed E-state index contributed by atoms with van der Waals surface area (Å²) in [6.07, 6.45) is 0. The number of furan rings is 1. The summed E-state index contributed by atoms with van der Waals surface area (Å²) in [6.45, 7) is 0. The second-order valence-electron chi connectivity index (χ2n) is 12.4. The van der Waals surface area contributed by atoms with E-state index >= 15 is 0 Å². The number of rotatable bonds is 5. The maximum absolute atomic E-state index is 6.49. The van der Waals surface area contributed by atoms with Crippen LogP contribution < -0.4 is 0 Å². The Kier molecular flexibility index (Phi) is 6.64. The third-order valence-corrected chi connectivity index (χ3v) is 10.4. The Bertz CT molecular complexity index is 2800. The van der Waals surface area contributed by atoms with Gasteiger partial charge in [0.2, 0.25) is 0 Å². The van der Waals surface area contributed by atoms with Gasteiger partial charge in [-0.2, -0.15) is 0 Å². The molecule has 50 heavy (non-hydrogen) atoms. The summed E-state index contributed by atoms with van der Waals surface area (Å²) in [5.74, 6) is 1.96. The van der Waals surface area contributed by atoms with E-state index in [-0.39, 0.29) is 0 Å². The summed E-state index contributed by atoms with van der Waals surface area (Å²) in [5.41, 5.74) is 9.29. The van der Waals surface area contributed by atoms with Gasteiger partial charge in [-0.05, 0) is 52.6 Å². The zero-order valence-electron chi connectivity index (χ0n) is 26.7. The maximum atomic E-state index is 6.49. The quantitative estimate of drug-likeness (QED) is 0.185. The van der Waals surface area contributed by atoms with E-state index in [0.717, 1.165) is 55.3 Å². The zero-order valence-corrected chi connectivity index (χ0v) is 27.6. The minimum Gasteiger partial charge on any atom is -0.456 e. The lowest BCUT2D eigenvalue weighted by Crippen LogP contribution is -1.99. The van der Waals surface area contributed by atoms with Crippen LogP contribution in [0.5, 0.6) is 0 Å². The molecular weight excluding hydrogens is 631 g/mol. The van der Waals surface area contributed by atoms with E-state index in [1.54, 1.807) is 11.3 Å². The Balaban J connectivity index is 1.18. The molecule has 3 aromatic heterocycles. The van der Waals surface area contributed by atoms with Gasteiger partial charge in [-0.1, -0.05) is 133 Å². The van der Waals surface area contributed by atoms with Crippen molar-refractivity contribution in [2.45, 2.75) is 0 Å². The third kappa shape index (κ3) is 4.79. The van der Waals surface area contributed by atoms with Crippen molar-refractivity contribution in [3.05, 3.63) is 164 Å². The Morgan fingerprint density at radius 1 is 0.360 bits per heavy atom. The molecule has 0 spiro atoms. The summed E-state index contributed by atoms with van der Waals surface area (Å²) in [7, 11) is 0. The molecule has 5 heteroatoms. The molecule has 234 valence electrons. The van der Waals surface area contributed by atoms with E-state index < -0.39 is 0 Å². The number of hydrogen-bond donors (Lipinski definition) is 0. The van der Waals surface area contributed by atoms with Gasteiger partial charge in [0, 0.05) is 47.6 Å². The van der Waals surface area contributed by atoms with Crippen LogP contribution in [0.4, 0.5) is 0 Å². The molecule has 0 aliphatic carbocycles. The largest absolute Gasteiger partial charge is 0.456 e. The normalized spacial score (nSPS) is 11.6. The maximum Gasteiger partial charge on any atom is 0.164 e. The fraction of sp³-hybridized carbons (Fsp3) is 0. The topological polar surface area (TPSA) is 51.8 Å². The monoisotopic (exact) mass is 657 g/mol. The summed E-state index contributed by atoms with van der Waals surface area (Å²) in [6, 6.07) is 56.8. The van der Waals surface area contributed by atoms with Gasteiger partial charge in [-0.3, -0.25) is 0 Å². The van der Waals surface area contributed by atoms with Gasteiger partial charge < -0.3 is 4.42 Å². The third-order valence-electron chi connectivity index (χ3n) is 9.33. The Hall–Kier alpha value is -6.43. The smallest absolute Gasteiger partial charge is 0.164 e. The summed E-state index contributed by atoms with van der Waals surface area (Å²) >= 11 is 1.80. The molecule has 0 aliphatic rings. The van der Waals surface area contributed by atoms with Gasteiger partial charge >= 0.3 is 0 Å². The molecule has 0 unspecified atom stereocenters. The lowest BCUT2D eigenvalue weighted by Gasteiger charge is -2.11. The van der Waals surface area contributed by atoms with Gasteiger partial charge in [0.25, 0.3) is 0 Å². The molecule has 4 nitrogen and oxygen atoms in total. The van der Waals surface area contributed by atoms with Gasteiger partial charge in [0.1, 0.15) is 11.2 Å². The number of aromatic nitrogens is 3. The first kappa shape index (κ1) is 28.6. The van der Waals surface area contributed by atoms with E-state index in [1.165, 1.54) is 25.7 Å². The van der Waals surface area contributed by atoms with Crippen molar-refractivity contribution in [1.82, 2.24) is 15.0 Å². The number of fused-ring (bicyclic) bond motifs is 6. The highest BCUT2D eigenvalue weighted by atomic mass is 32.1. The zero-order chi connectivity index (χ0) is 33.0. The molecule has 0 saturated carbocycles. The van der Waals surface area contributed by atoms with Crippen LogP contribution in [0, 0.1) is 0 Å². The lowest BCUT2D eigenvalue weighted by atomic mass is 9.92. The van der Waals surface area contributed by atoms with E-state index in [1.807, 2.05) is 66.7 Å². The van der Waals surface area contributed by atoms with Crippen molar-refractivity contribution in [3.63, 3.8) is 0 Å². The van der Waals surface area contributed by atoms with Crippen molar-refractivity contribution < 1.29 is 4.42 Å². The average molecular weight is 658 g/mol. The van der Waals surface area contributed by atoms with Gasteiger partial charge in [0.05, 0.1) is 0 Å². The molecule has 0 radical (unpaired) electrons. The molecule has 7 aromatic carbocycles. The van der Waals surface area contributed by atoms with Crippen LogP contribution in [-0.4, -0.2) is 15.0 Å². The fourth-order valence-corrected chi connectivity index (χ4v) is 8.16. The number of hydrogen-bond acceptors (Lipinski definition) is 5. The standard InChI is InChI=1S/C45H27N3OS/c1-4-13-28(14-5-1)32-25-36(41-34-19-10-11-21-37(34)49-38(41)26-32)33-20-12-22-39-42(33)35-24-23-31(27-40(35)50-39)45-47-43(29-15-6-2-7-16-29)46-44(48-45)30-17-8-3-9-18-30/h1-27H. The first-order chi connectivity index (χ1) is 24.8. The number of benzene rings is 7. The fourth-order valence-electron chi connectivity index (χ4n) is 6.99.